The van der Waals surface area contributed by atoms with E-state index in [9.17, 15) is 4.79 Å². The molecule has 0 spiro atoms. The van der Waals surface area contributed by atoms with Gasteiger partial charge in [0, 0.05) is 35.6 Å². The van der Waals surface area contributed by atoms with Crippen LogP contribution in [0.4, 0.5) is 0 Å². The van der Waals surface area contributed by atoms with E-state index in [1.54, 1.807) is 18.5 Å². The van der Waals surface area contributed by atoms with Gasteiger partial charge in [0.15, 0.2) is 0 Å². The van der Waals surface area contributed by atoms with Crippen molar-refractivity contribution in [2.24, 2.45) is 0 Å². The van der Waals surface area contributed by atoms with E-state index in [4.69, 9.17) is 0 Å². The van der Waals surface area contributed by atoms with Crippen LogP contribution in [0.15, 0.2) is 18.5 Å². The Morgan fingerprint density at radius 1 is 1.43 bits per heavy atom. The normalized spacial score (nSPS) is 15.9. The molecule has 0 unspecified atom stereocenters. The number of rotatable bonds is 0. The van der Waals surface area contributed by atoms with Gasteiger partial charge >= 0.3 is 0 Å². The average Bonchev–Trinajstić information content (AvgIpc) is 2.44. The molecule has 1 amide bonds. The third-order valence-electron chi connectivity index (χ3n) is 2.52. The molecule has 0 atom stereocenters. The fourth-order valence-corrected chi connectivity index (χ4v) is 1.69. The molecule has 1 aromatic rings. The van der Waals surface area contributed by atoms with Crippen LogP contribution in [0.5, 0.6) is 0 Å². The molecular formula is C11H14N2O. The largest absolute Gasteiger partial charge is 0.329 e. The minimum atomic E-state index is -0.115. The van der Waals surface area contributed by atoms with E-state index in [1.807, 2.05) is 25.7 Å². The fraction of sp³-hybridized carbons (Fsp3) is 0.455. The molecule has 3 heteroatoms. The lowest BCUT2D eigenvalue weighted by molar-refractivity contribution is 0.0609. The van der Waals surface area contributed by atoms with Crippen LogP contribution in [0, 0.1) is 0 Å². The van der Waals surface area contributed by atoms with Crippen LogP contribution in [0.2, 0.25) is 0 Å². The molecule has 1 aliphatic heterocycles. The predicted octanol–water partition coefficient (Wildman–Crippen LogP) is 1.84. The number of amides is 1. The van der Waals surface area contributed by atoms with Crippen molar-refractivity contribution in [1.82, 2.24) is 9.88 Å². The van der Waals surface area contributed by atoms with Gasteiger partial charge in [0.1, 0.15) is 0 Å². The molecule has 0 N–H and O–H groups in total. The Morgan fingerprint density at radius 2 is 2.14 bits per heavy atom. The summed E-state index contributed by atoms with van der Waals surface area (Å²) in [6.07, 6.45) is 3.45. The average molecular weight is 190 g/mol. The first-order chi connectivity index (χ1) is 6.50. The van der Waals surface area contributed by atoms with Crippen LogP contribution in [0.1, 0.15) is 36.7 Å². The van der Waals surface area contributed by atoms with E-state index < -0.39 is 0 Å². The molecule has 1 aliphatic rings. The highest BCUT2D eigenvalue weighted by molar-refractivity contribution is 5.98. The van der Waals surface area contributed by atoms with Crippen LogP contribution in [-0.2, 0) is 6.54 Å². The van der Waals surface area contributed by atoms with Crippen LogP contribution >= 0.6 is 0 Å². The highest BCUT2D eigenvalue weighted by Crippen LogP contribution is 2.27. The summed E-state index contributed by atoms with van der Waals surface area (Å²) < 4.78 is 0. The molecule has 0 fully saturated rings. The van der Waals surface area contributed by atoms with Gasteiger partial charge in [-0.2, -0.15) is 0 Å². The maximum atomic E-state index is 11.9. The standard InChI is InChI=1S/C11H14N2O/c1-11(2,3)13-7-8-6-12-5-4-9(8)10(13)14/h4-6H,7H2,1-3H3. The van der Waals surface area contributed by atoms with Crippen molar-refractivity contribution in [2.75, 3.05) is 0 Å². The highest BCUT2D eigenvalue weighted by Gasteiger charge is 2.34. The lowest BCUT2D eigenvalue weighted by Crippen LogP contribution is -2.41. The number of fused-ring (bicyclic) bond motifs is 1. The van der Waals surface area contributed by atoms with Gasteiger partial charge < -0.3 is 4.90 Å². The second-order valence-corrected chi connectivity index (χ2v) is 4.59. The van der Waals surface area contributed by atoms with Crippen molar-refractivity contribution in [3.8, 4) is 0 Å². The van der Waals surface area contributed by atoms with E-state index in [0.717, 1.165) is 11.1 Å². The highest BCUT2D eigenvalue weighted by atomic mass is 16.2. The third-order valence-corrected chi connectivity index (χ3v) is 2.52. The van der Waals surface area contributed by atoms with Crippen LogP contribution in [0.3, 0.4) is 0 Å². The van der Waals surface area contributed by atoms with Crippen LogP contribution < -0.4 is 0 Å². The van der Waals surface area contributed by atoms with Crippen molar-refractivity contribution < 1.29 is 4.79 Å². The first-order valence-electron chi connectivity index (χ1n) is 4.75. The SMILES string of the molecule is CC(C)(C)N1Cc2cnccc2C1=O. The van der Waals surface area contributed by atoms with Gasteiger partial charge in [-0.25, -0.2) is 0 Å². The molecule has 0 bridgehead atoms. The zero-order chi connectivity index (χ0) is 10.3. The summed E-state index contributed by atoms with van der Waals surface area (Å²) in [4.78, 5) is 17.8. The molecule has 0 aromatic carbocycles. The lowest BCUT2D eigenvalue weighted by Gasteiger charge is -2.31. The first kappa shape index (κ1) is 9.19. The van der Waals surface area contributed by atoms with Gasteiger partial charge in [0.25, 0.3) is 5.91 Å². The van der Waals surface area contributed by atoms with E-state index in [2.05, 4.69) is 4.98 Å². The monoisotopic (exact) mass is 190 g/mol. The molecule has 2 rings (SSSR count). The lowest BCUT2D eigenvalue weighted by atomic mass is 10.1. The summed E-state index contributed by atoms with van der Waals surface area (Å²) >= 11 is 0. The van der Waals surface area contributed by atoms with Crippen LogP contribution in [0.25, 0.3) is 0 Å². The summed E-state index contributed by atoms with van der Waals surface area (Å²) in [5.41, 5.74) is 1.72. The second kappa shape index (κ2) is 2.80. The maximum Gasteiger partial charge on any atom is 0.255 e. The molecule has 0 saturated carbocycles. The Hall–Kier alpha value is -1.38. The van der Waals surface area contributed by atoms with Crippen molar-refractivity contribution >= 4 is 5.91 Å². The van der Waals surface area contributed by atoms with Gasteiger partial charge in [-0.05, 0) is 26.8 Å². The molecule has 3 nitrogen and oxygen atoms in total. The zero-order valence-corrected chi connectivity index (χ0v) is 8.74. The maximum absolute atomic E-state index is 11.9. The minimum Gasteiger partial charge on any atom is -0.329 e. The van der Waals surface area contributed by atoms with Gasteiger partial charge in [-0.3, -0.25) is 9.78 Å². The van der Waals surface area contributed by atoms with E-state index in [-0.39, 0.29) is 11.4 Å². The Labute approximate surface area is 83.8 Å². The molecule has 2 heterocycles. The van der Waals surface area contributed by atoms with Gasteiger partial charge in [-0.1, -0.05) is 0 Å². The molecule has 0 saturated heterocycles. The number of aromatic nitrogens is 1. The minimum absolute atomic E-state index is 0.115. The quantitative estimate of drug-likeness (QED) is 0.625. The summed E-state index contributed by atoms with van der Waals surface area (Å²) in [6, 6.07) is 1.80. The number of hydrogen-bond acceptors (Lipinski definition) is 2. The second-order valence-electron chi connectivity index (χ2n) is 4.59. The summed E-state index contributed by atoms with van der Waals surface area (Å²) in [5, 5.41) is 0. The topological polar surface area (TPSA) is 33.2 Å². The molecule has 0 aliphatic carbocycles. The third kappa shape index (κ3) is 1.29. The Bertz CT molecular complexity index is 379. The van der Waals surface area contributed by atoms with Crippen LogP contribution in [-0.4, -0.2) is 21.3 Å². The Balaban J connectivity index is 2.40. The van der Waals surface area contributed by atoms with Crippen molar-refractivity contribution in [1.29, 1.82) is 0 Å². The first-order valence-corrected chi connectivity index (χ1v) is 4.75. The summed E-state index contributed by atoms with van der Waals surface area (Å²) in [7, 11) is 0. The Kier molecular flexibility index (Phi) is 1.84. The molecule has 74 valence electrons. The molecule has 14 heavy (non-hydrogen) atoms. The number of nitrogens with zero attached hydrogens (tertiary/aromatic N) is 2. The van der Waals surface area contributed by atoms with Gasteiger partial charge in [0.2, 0.25) is 0 Å². The van der Waals surface area contributed by atoms with E-state index in [1.165, 1.54) is 0 Å². The number of carbonyl (C=O) groups is 1. The summed E-state index contributed by atoms with van der Waals surface area (Å²) in [5.74, 6) is 0.120. The Morgan fingerprint density at radius 3 is 2.71 bits per heavy atom. The number of hydrogen-bond donors (Lipinski definition) is 0. The van der Waals surface area contributed by atoms with Gasteiger partial charge in [-0.15, -0.1) is 0 Å². The van der Waals surface area contributed by atoms with E-state index >= 15 is 0 Å². The van der Waals surface area contributed by atoms with Gasteiger partial charge in [0.05, 0.1) is 0 Å². The summed E-state index contributed by atoms with van der Waals surface area (Å²) in [6.45, 7) is 6.82. The van der Waals surface area contributed by atoms with Crippen molar-refractivity contribution in [3.63, 3.8) is 0 Å². The zero-order valence-electron chi connectivity index (χ0n) is 8.74. The number of carbonyl (C=O) groups excluding carboxylic acids is 1. The van der Waals surface area contributed by atoms with Crippen molar-refractivity contribution in [3.05, 3.63) is 29.6 Å². The van der Waals surface area contributed by atoms with Crippen molar-refractivity contribution in [2.45, 2.75) is 32.9 Å². The smallest absolute Gasteiger partial charge is 0.255 e. The number of pyridine rings is 1. The molecule has 1 aromatic heterocycles. The van der Waals surface area contributed by atoms with E-state index in [0.29, 0.717) is 6.54 Å². The predicted molar refractivity (Wildman–Crippen MR) is 53.9 cm³/mol. The fourth-order valence-electron chi connectivity index (χ4n) is 1.69. The molecular weight excluding hydrogens is 176 g/mol. The molecule has 0 radical (unpaired) electrons.